The normalized spacial score (nSPS) is 20.7. The molecule has 4 atom stereocenters. The maximum Gasteiger partial charge on any atom is 0.137 e. The number of likely N-dealkylation sites (N-methyl/N-ethyl adjacent to an activating group) is 1. The molecule has 0 aromatic heterocycles. The van der Waals surface area contributed by atoms with Crippen LogP contribution in [0.3, 0.4) is 0 Å². The number of ether oxygens (including phenoxy) is 1. The molecule has 0 saturated carbocycles. The lowest BCUT2D eigenvalue weighted by molar-refractivity contribution is 0.0918. The highest BCUT2D eigenvalue weighted by Crippen LogP contribution is 2.22. The predicted molar refractivity (Wildman–Crippen MR) is 149 cm³/mol. The van der Waals surface area contributed by atoms with E-state index in [1.165, 1.54) is 5.57 Å². The number of nitrogens with zero attached hydrogens (tertiary/aromatic N) is 4. The Morgan fingerprint density at radius 3 is 2.66 bits per heavy atom. The average Bonchev–Trinajstić information content (AvgIpc) is 2.92. The number of aliphatic imine (C=N–C) groups is 1. The Morgan fingerprint density at radius 1 is 1.31 bits per heavy atom. The van der Waals surface area contributed by atoms with Crippen molar-refractivity contribution in [2.75, 3.05) is 13.7 Å². The van der Waals surface area contributed by atoms with Crippen LogP contribution in [0.1, 0.15) is 61.3 Å². The zero-order valence-electron chi connectivity index (χ0n) is 23.0. The SMILES string of the molecule is C=C1C=CNC(C)N=NC(C(/C=C(\C)OCC(N=CC)N(C)[C@@H](N)CC)=C/C=C(\C)[C@H](C)CC)=C1. The van der Waals surface area contributed by atoms with Crippen molar-refractivity contribution in [3.63, 3.8) is 0 Å². The number of nitrogens with one attached hydrogen (secondary N) is 1. The second kappa shape index (κ2) is 16.0. The van der Waals surface area contributed by atoms with Gasteiger partial charge in [-0.15, -0.1) is 0 Å². The second-order valence-corrected chi connectivity index (χ2v) is 8.93. The molecule has 3 N–H and O–H groups in total. The summed E-state index contributed by atoms with van der Waals surface area (Å²) in [6, 6.07) is 0. The molecule has 1 aliphatic rings. The van der Waals surface area contributed by atoms with Gasteiger partial charge in [-0.25, -0.2) is 0 Å². The van der Waals surface area contributed by atoms with Gasteiger partial charge in [0.15, 0.2) is 0 Å². The van der Waals surface area contributed by atoms with Crippen LogP contribution in [0.4, 0.5) is 0 Å². The van der Waals surface area contributed by atoms with E-state index in [2.05, 4.69) is 67.0 Å². The fourth-order valence-electron chi connectivity index (χ4n) is 3.20. The third kappa shape index (κ3) is 11.0. The molecule has 35 heavy (non-hydrogen) atoms. The van der Waals surface area contributed by atoms with Crippen LogP contribution in [0.25, 0.3) is 0 Å². The fraction of sp³-hybridized carbons (Fsp3) is 0.536. The van der Waals surface area contributed by atoms with Crippen LogP contribution in [0.15, 0.2) is 86.6 Å². The van der Waals surface area contributed by atoms with Crippen molar-refractivity contribution < 1.29 is 4.74 Å². The Balaban J connectivity index is 3.33. The molecule has 7 nitrogen and oxygen atoms in total. The van der Waals surface area contributed by atoms with Crippen LogP contribution in [0.5, 0.6) is 0 Å². The van der Waals surface area contributed by atoms with E-state index in [1.54, 1.807) is 6.21 Å². The Labute approximate surface area is 213 Å². The monoisotopic (exact) mass is 482 g/mol. The molecule has 1 aliphatic heterocycles. The number of allylic oxidation sites excluding steroid dienone is 8. The molecule has 7 heteroatoms. The van der Waals surface area contributed by atoms with Crippen molar-refractivity contribution in [2.45, 2.75) is 79.8 Å². The van der Waals surface area contributed by atoms with Crippen LogP contribution in [0, 0.1) is 5.92 Å². The van der Waals surface area contributed by atoms with Crippen LogP contribution in [0.2, 0.25) is 0 Å². The van der Waals surface area contributed by atoms with E-state index in [0.29, 0.717) is 12.5 Å². The molecule has 0 aromatic rings. The number of nitrogens with two attached hydrogens (primary N) is 1. The first kappa shape index (κ1) is 30.3. The molecule has 0 radical (unpaired) electrons. The second-order valence-electron chi connectivity index (χ2n) is 8.93. The largest absolute Gasteiger partial charge is 0.495 e. The Kier molecular flexibility index (Phi) is 13.8. The highest BCUT2D eigenvalue weighted by atomic mass is 16.5. The highest BCUT2D eigenvalue weighted by molar-refractivity contribution is 5.53. The van der Waals surface area contributed by atoms with Crippen molar-refractivity contribution in [1.82, 2.24) is 10.2 Å². The Morgan fingerprint density at radius 2 is 2.03 bits per heavy atom. The van der Waals surface area contributed by atoms with Gasteiger partial charge in [-0.2, -0.15) is 10.2 Å². The minimum absolute atomic E-state index is 0.0835. The first-order valence-electron chi connectivity index (χ1n) is 12.5. The first-order chi connectivity index (χ1) is 16.6. The van der Waals surface area contributed by atoms with Gasteiger partial charge < -0.3 is 15.8 Å². The van der Waals surface area contributed by atoms with Gasteiger partial charge in [0, 0.05) is 5.57 Å². The molecule has 0 aliphatic carbocycles. The summed E-state index contributed by atoms with van der Waals surface area (Å²) in [7, 11) is 1.97. The van der Waals surface area contributed by atoms with Gasteiger partial charge in [-0.1, -0.05) is 45.1 Å². The molecule has 1 rings (SSSR count). The average molecular weight is 483 g/mol. The summed E-state index contributed by atoms with van der Waals surface area (Å²) in [6.45, 7) is 18.9. The lowest BCUT2D eigenvalue weighted by Crippen LogP contribution is -2.46. The highest BCUT2D eigenvalue weighted by Gasteiger charge is 2.18. The maximum absolute atomic E-state index is 6.22. The molecular weight excluding hydrogens is 436 g/mol. The van der Waals surface area contributed by atoms with E-state index < -0.39 is 0 Å². The number of rotatable bonds is 12. The zero-order chi connectivity index (χ0) is 26.4. The third-order valence-corrected chi connectivity index (χ3v) is 6.06. The summed E-state index contributed by atoms with van der Waals surface area (Å²) in [5.74, 6) is 1.25. The summed E-state index contributed by atoms with van der Waals surface area (Å²) in [5, 5.41) is 12.1. The van der Waals surface area contributed by atoms with E-state index in [4.69, 9.17) is 10.5 Å². The maximum atomic E-state index is 6.22. The van der Waals surface area contributed by atoms with Gasteiger partial charge >= 0.3 is 0 Å². The fourth-order valence-corrected chi connectivity index (χ4v) is 3.20. The zero-order valence-corrected chi connectivity index (χ0v) is 23.0. The van der Waals surface area contributed by atoms with E-state index >= 15 is 0 Å². The minimum Gasteiger partial charge on any atom is -0.495 e. The summed E-state index contributed by atoms with van der Waals surface area (Å²) >= 11 is 0. The smallest absolute Gasteiger partial charge is 0.137 e. The van der Waals surface area contributed by atoms with Gasteiger partial charge in [-0.3, -0.25) is 9.89 Å². The molecule has 0 aromatic carbocycles. The lowest BCUT2D eigenvalue weighted by atomic mass is 9.99. The topological polar surface area (TPSA) is 87.6 Å². The van der Waals surface area contributed by atoms with E-state index in [9.17, 15) is 0 Å². The minimum atomic E-state index is -0.168. The van der Waals surface area contributed by atoms with Gasteiger partial charge in [-0.05, 0) is 89.7 Å². The van der Waals surface area contributed by atoms with E-state index in [1.807, 2.05) is 57.1 Å². The molecule has 194 valence electrons. The van der Waals surface area contributed by atoms with Crippen molar-refractivity contribution in [3.05, 3.63) is 71.3 Å². The Hall–Kier alpha value is -2.77. The molecule has 0 saturated heterocycles. The standard InChI is InChI=1S/C28H46N6O/c1-10-21(5)22(6)13-14-25(26-17-20(4)15-16-31-24(8)32-33-26)18-23(7)35-19-28(30-12-3)34(9)27(29)11-2/h12-18,21,24,27-28,31H,4,10-11,19,29H2,1-3,5-9H3/b16-15?,22-13+,23-18+,25-14+,26-17?,30-12?,33-32?/t21-,24?,27-,28?/m1/s1. The quantitative estimate of drug-likeness (QED) is 0.149. The molecule has 1 heterocycles. The summed E-state index contributed by atoms with van der Waals surface area (Å²) in [6.07, 6.45) is 15.2. The number of hydrogen-bond acceptors (Lipinski definition) is 7. The summed E-state index contributed by atoms with van der Waals surface area (Å²) < 4.78 is 6.14. The molecule has 0 amide bonds. The molecule has 2 unspecified atom stereocenters. The number of azo groups is 1. The first-order valence-corrected chi connectivity index (χ1v) is 12.5. The molecule has 0 bridgehead atoms. The van der Waals surface area contributed by atoms with Crippen LogP contribution in [-0.2, 0) is 4.74 Å². The van der Waals surface area contributed by atoms with Gasteiger partial charge in [0.25, 0.3) is 0 Å². The van der Waals surface area contributed by atoms with Gasteiger partial charge in [0.05, 0.1) is 17.6 Å². The summed E-state index contributed by atoms with van der Waals surface area (Å²) in [5.41, 5.74) is 9.97. The summed E-state index contributed by atoms with van der Waals surface area (Å²) in [4.78, 5) is 6.58. The van der Waals surface area contributed by atoms with Crippen molar-refractivity contribution in [1.29, 1.82) is 0 Å². The number of hydrogen-bond donors (Lipinski definition) is 2. The van der Waals surface area contributed by atoms with Gasteiger partial charge in [0.2, 0.25) is 0 Å². The lowest BCUT2D eigenvalue weighted by Gasteiger charge is -2.29. The molecule has 0 fully saturated rings. The third-order valence-electron chi connectivity index (χ3n) is 6.06. The predicted octanol–water partition coefficient (Wildman–Crippen LogP) is 6.22. The van der Waals surface area contributed by atoms with Crippen molar-refractivity contribution in [3.8, 4) is 0 Å². The van der Waals surface area contributed by atoms with Crippen LogP contribution >= 0.6 is 0 Å². The van der Waals surface area contributed by atoms with Crippen molar-refractivity contribution >= 4 is 6.21 Å². The van der Waals surface area contributed by atoms with Gasteiger partial charge in [0.1, 0.15) is 18.9 Å². The van der Waals surface area contributed by atoms with Crippen LogP contribution < -0.4 is 11.1 Å². The Bertz CT molecular complexity index is 893. The van der Waals surface area contributed by atoms with Crippen molar-refractivity contribution in [2.24, 2.45) is 26.9 Å². The van der Waals surface area contributed by atoms with E-state index in [-0.39, 0.29) is 18.5 Å². The molecule has 0 spiro atoms. The van der Waals surface area contributed by atoms with Crippen LogP contribution in [-0.4, -0.2) is 43.3 Å². The van der Waals surface area contributed by atoms with E-state index in [0.717, 1.165) is 35.4 Å². The molecular formula is C28H46N6O.